The highest BCUT2D eigenvalue weighted by Crippen LogP contribution is 2.28. The van der Waals surface area contributed by atoms with E-state index in [4.69, 9.17) is 0 Å². The number of hydrogen-bond donors (Lipinski definition) is 0. The van der Waals surface area contributed by atoms with Gasteiger partial charge in [0.05, 0.1) is 4.90 Å². The monoisotopic (exact) mass is 236 g/mol. The normalized spacial score (nSPS) is 10.4. The van der Waals surface area contributed by atoms with E-state index in [0.717, 1.165) is 0 Å². The van der Waals surface area contributed by atoms with Crippen LogP contribution >= 0.6 is 11.8 Å². The summed E-state index contributed by atoms with van der Waals surface area (Å²) in [6, 6.07) is 4.39. The molecule has 1 aromatic carbocycles. The van der Waals surface area contributed by atoms with Crippen molar-refractivity contribution in [3.05, 3.63) is 42.0 Å². The fourth-order valence-electron chi connectivity index (χ4n) is 1.22. The Morgan fingerprint density at radius 3 is 2.88 bits per heavy atom. The topological polar surface area (TPSA) is 34.9 Å². The lowest BCUT2D eigenvalue weighted by atomic mass is 10.2. The molecular weight excluding hydrogens is 227 g/mol. The maximum Gasteiger partial charge on any atom is 0.172 e. The molecule has 2 rings (SSSR count). The predicted molar refractivity (Wildman–Crippen MR) is 59.1 cm³/mol. The molecule has 1 aromatic heterocycles. The predicted octanol–water partition coefficient (Wildman–Crippen LogP) is 2.52. The minimum atomic E-state index is -0.405. The number of hydrogen-bond acceptors (Lipinski definition) is 3. The molecule has 0 N–H and O–H groups in total. The van der Waals surface area contributed by atoms with Crippen LogP contribution in [0.15, 0.2) is 40.6 Å². The van der Waals surface area contributed by atoms with E-state index in [1.54, 1.807) is 29.1 Å². The van der Waals surface area contributed by atoms with Gasteiger partial charge in [0.2, 0.25) is 0 Å². The summed E-state index contributed by atoms with van der Waals surface area (Å²) in [5.41, 5.74) is 0.335. The number of carbonyl (C=O) groups excluding carboxylic acids is 1. The van der Waals surface area contributed by atoms with E-state index in [0.29, 0.717) is 21.9 Å². The summed E-state index contributed by atoms with van der Waals surface area (Å²) < 4.78 is 15.3. The fourth-order valence-corrected chi connectivity index (χ4v) is 2.03. The van der Waals surface area contributed by atoms with Crippen LogP contribution < -0.4 is 0 Å². The second kappa shape index (κ2) is 4.49. The molecule has 0 fully saturated rings. The number of aromatic nitrogens is 2. The van der Waals surface area contributed by atoms with Crippen LogP contribution in [0.1, 0.15) is 10.4 Å². The summed E-state index contributed by atoms with van der Waals surface area (Å²) in [5.74, 6) is -0.405. The summed E-state index contributed by atoms with van der Waals surface area (Å²) in [7, 11) is 1.84. The van der Waals surface area contributed by atoms with Gasteiger partial charge in [-0.05, 0) is 23.9 Å². The highest BCUT2D eigenvalue weighted by molar-refractivity contribution is 7.99. The van der Waals surface area contributed by atoms with E-state index in [-0.39, 0.29) is 0 Å². The lowest BCUT2D eigenvalue weighted by Gasteiger charge is -2.03. The van der Waals surface area contributed by atoms with Gasteiger partial charge in [-0.1, -0.05) is 6.07 Å². The van der Waals surface area contributed by atoms with Crippen molar-refractivity contribution < 1.29 is 9.18 Å². The van der Waals surface area contributed by atoms with Gasteiger partial charge in [-0.25, -0.2) is 9.37 Å². The third-order valence-corrected chi connectivity index (χ3v) is 3.20. The molecule has 1 heterocycles. The molecule has 0 amide bonds. The van der Waals surface area contributed by atoms with Crippen LogP contribution in [-0.2, 0) is 7.05 Å². The second-order valence-electron chi connectivity index (χ2n) is 3.23. The lowest BCUT2D eigenvalue weighted by Crippen LogP contribution is -1.91. The summed E-state index contributed by atoms with van der Waals surface area (Å²) in [5, 5.41) is 0.706. The first-order valence-corrected chi connectivity index (χ1v) is 5.42. The average molecular weight is 236 g/mol. The molecule has 0 aliphatic heterocycles. The molecule has 82 valence electrons. The minimum Gasteiger partial charge on any atom is -0.329 e. The number of rotatable bonds is 3. The first-order chi connectivity index (χ1) is 7.70. The van der Waals surface area contributed by atoms with Crippen molar-refractivity contribution in [2.75, 3.05) is 0 Å². The van der Waals surface area contributed by atoms with Crippen LogP contribution in [0.2, 0.25) is 0 Å². The molecule has 0 radical (unpaired) electrons. The number of nitrogens with zero attached hydrogens (tertiary/aromatic N) is 2. The van der Waals surface area contributed by atoms with Crippen molar-refractivity contribution in [2.24, 2.45) is 7.05 Å². The van der Waals surface area contributed by atoms with Crippen molar-refractivity contribution in [1.29, 1.82) is 0 Å². The number of benzene rings is 1. The van der Waals surface area contributed by atoms with Gasteiger partial charge in [-0.3, -0.25) is 4.79 Å². The summed E-state index contributed by atoms with van der Waals surface area (Å²) in [4.78, 5) is 15.0. The van der Waals surface area contributed by atoms with Gasteiger partial charge in [-0.15, -0.1) is 0 Å². The Morgan fingerprint density at radius 1 is 1.50 bits per heavy atom. The van der Waals surface area contributed by atoms with E-state index in [1.807, 2.05) is 7.05 Å². The molecule has 0 unspecified atom stereocenters. The van der Waals surface area contributed by atoms with Crippen LogP contribution in [0.4, 0.5) is 4.39 Å². The van der Waals surface area contributed by atoms with Crippen molar-refractivity contribution in [2.45, 2.75) is 10.1 Å². The molecule has 0 atom stereocenters. The molecular formula is C11H9FN2OS. The molecule has 0 saturated heterocycles. The van der Waals surface area contributed by atoms with E-state index < -0.39 is 5.82 Å². The van der Waals surface area contributed by atoms with Gasteiger partial charge < -0.3 is 4.57 Å². The molecule has 0 saturated carbocycles. The van der Waals surface area contributed by atoms with Gasteiger partial charge in [0.25, 0.3) is 0 Å². The van der Waals surface area contributed by atoms with Crippen molar-refractivity contribution in [1.82, 2.24) is 9.55 Å². The van der Waals surface area contributed by atoms with E-state index in [1.165, 1.54) is 17.8 Å². The average Bonchev–Trinajstić information content (AvgIpc) is 2.67. The SMILES string of the molecule is Cn1ccnc1Sc1ccc(C=O)cc1F. The van der Waals surface area contributed by atoms with Crippen LogP contribution in [0, 0.1) is 5.82 Å². The third-order valence-electron chi connectivity index (χ3n) is 2.07. The van der Waals surface area contributed by atoms with Crippen LogP contribution in [0.25, 0.3) is 0 Å². The standard InChI is InChI=1S/C11H9FN2OS/c1-14-5-4-13-11(14)16-10-3-2-8(7-15)6-9(10)12/h2-7H,1H3. The zero-order valence-electron chi connectivity index (χ0n) is 8.55. The Bertz CT molecular complexity index is 524. The van der Waals surface area contributed by atoms with Gasteiger partial charge in [-0.2, -0.15) is 0 Å². The first kappa shape index (κ1) is 10.9. The van der Waals surface area contributed by atoms with Gasteiger partial charge >= 0.3 is 0 Å². The molecule has 0 spiro atoms. The van der Waals surface area contributed by atoms with Gasteiger partial charge in [0.15, 0.2) is 5.16 Å². The fraction of sp³-hybridized carbons (Fsp3) is 0.0909. The Morgan fingerprint density at radius 2 is 2.31 bits per heavy atom. The Balaban J connectivity index is 2.29. The zero-order chi connectivity index (χ0) is 11.5. The number of aldehydes is 1. The maximum absolute atomic E-state index is 13.5. The van der Waals surface area contributed by atoms with Crippen molar-refractivity contribution in [3.8, 4) is 0 Å². The van der Waals surface area contributed by atoms with Gasteiger partial charge in [0.1, 0.15) is 12.1 Å². The summed E-state index contributed by atoms with van der Waals surface area (Å²) >= 11 is 1.23. The number of carbonyl (C=O) groups is 1. The minimum absolute atomic E-state index is 0.335. The highest BCUT2D eigenvalue weighted by atomic mass is 32.2. The first-order valence-electron chi connectivity index (χ1n) is 4.60. The second-order valence-corrected chi connectivity index (χ2v) is 4.24. The van der Waals surface area contributed by atoms with Crippen molar-refractivity contribution in [3.63, 3.8) is 0 Å². The quantitative estimate of drug-likeness (QED) is 0.768. The van der Waals surface area contributed by atoms with Crippen LogP contribution in [0.5, 0.6) is 0 Å². The summed E-state index contributed by atoms with van der Waals surface area (Å²) in [6.45, 7) is 0. The van der Waals surface area contributed by atoms with Crippen molar-refractivity contribution >= 4 is 18.0 Å². The maximum atomic E-state index is 13.5. The zero-order valence-corrected chi connectivity index (χ0v) is 9.37. The molecule has 2 aromatic rings. The largest absolute Gasteiger partial charge is 0.329 e. The smallest absolute Gasteiger partial charge is 0.172 e. The molecule has 3 nitrogen and oxygen atoms in total. The van der Waals surface area contributed by atoms with Crippen LogP contribution in [0.3, 0.4) is 0 Å². The summed E-state index contributed by atoms with van der Waals surface area (Å²) in [6.07, 6.45) is 4.07. The van der Waals surface area contributed by atoms with Gasteiger partial charge in [0, 0.05) is 25.0 Å². The Kier molecular flexibility index (Phi) is 3.05. The van der Waals surface area contributed by atoms with Crippen LogP contribution in [-0.4, -0.2) is 15.8 Å². The number of imidazole rings is 1. The molecule has 5 heteroatoms. The lowest BCUT2D eigenvalue weighted by molar-refractivity contribution is 0.112. The molecule has 0 bridgehead atoms. The molecule has 0 aliphatic carbocycles. The highest BCUT2D eigenvalue weighted by Gasteiger charge is 2.08. The molecule has 0 aliphatic rings. The third kappa shape index (κ3) is 2.14. The number of aryl methyl sites for hydroxylation is 1. The Labute approximate surface area is 96.3 Å². The van der Waals surface area contributed by atoms with E-state index >= 15 is 0 Å². The Hall–Kier alpha value is -1.62. The van der Waals surface area contributed by atoms with E-state index in [2.05, 4.69) is 4.98 Å². The number of halogens is 1. The van der Waals surface area contributed by atoms with E-state index in [9.17, 15) is 9.18 Å². The molecule has 16 heavy (non-hydrogen) atoms.